The second-order valence-corrected chi connectivity index (χ2v) is 9.23. The average molecular weight is 439 g/mol. The van der Waals surface area contributed by atoms with E-state index in [1.54, 1.807) is 4.68 Å². The number of rotatable bonds is 5. The van der Waals surface area contributed by atoms with Crippen molar-refractivity contribution in [1.29, 1.82) is 0 Å². The number of piperidine rings is 1. The van der Waals surface area contributed by atoms with E-state index in [0.29, 0.717) is 56.1 Å². The van der Waals surface area contributed by atoms with Gasteiger partial charge in [-0.1, -0.05) is 0 Å². The lowest BCUT2D eigenvalue weighted by atomic mass is 9.99. The Bertz CT molecular complexity index is 1090. The average Bonchev–Trinajstić information content (AvgIpc) is 3.57. The number of fused-ring (bicyclic) bond motifs is 1. The smallest absolute Gasteiger partial charge is 0.254 e. The lowest BCUT2D eigenvalue weighted by molar-refractivity contribution is -0.135. The molecule has 0 bridgehead atoms. The van der Waals surface area contributed by atoms with Crippen LogP contribution in [-0.4, -0.2) is 54.5 Å². The van der Waals surface area contributed by atoms with E-state index in [1.165, 1.54) is 0 Å². The normalized spacial score (nSPS) is 20.8. The predicted molar refractivity (Wildman–Crippen MR) is 117 cm³/mol. The highest BCUT2D eigenvalue weighted by Gasteiger charge is 2.36. The zero-order valence-electron chi connectivity index (χ0n) is 18.5. The van der Waals surface area contributed by atoms with Gasteiger partial charge in [0.15, 0.2) is 0 Å². The van der Waals surface area contributed by atoms with Crippen molar-refractivity contribution in [3.05, 3.63) is 45.4 Å². The van der Waals surface area contributed by atoms with Crippen LogP contribution in [0.15, 0.2) is 17.1 Å². The van der Waals surface area contributed by atoms with E-state index in [-0.39, 0.29) is 29.3 Å². The van der Waals surface area contributed by atoms with Gasteiger partial charge in [0.1, 0.15) is 5.82 Å². The summed E-state index contributed by atoms with van der Waals surface area (Å²) in [5.41, 5.74) is 2.16. The lowest BCUT2D eigenvalue weighted by Crippen LogP contribution is -2.43. The van der Waals surface area contributed by atoms with E-state index in [1.807, 2.05) is 29.0 Å². The Kier molecular flexibility index (Phi) is 5.57. The first-order valence-electron chi connectivity index (χ1n) is 11.7. The van der Waals surface area contributed by atoms with Gasteiger partial charge in [-0.05, 0) is 51.5 Å². The monoisotopic (exact) mass is 438 g/mol. The lowest BCUT2D eigenvalue weighted by Gasteiger charge is -2.36. The highest BCUT2D eigenvalue weighted by Crippen LogP contribution is 2.33. The number of carbonyl (C=O) groups is 2. The topological polar surface area (TPSA) is 104 Å². The molecule has 1 unspecified atom stereocenters. The van der Waals surface area contributed by atoms with Gasteiger partial charge in [-0.15, -0.1) is 0 Å². The number of nitrogens with one attached hydrogen (secondary N) is 1. The molecule has 1 saturated heterocycles. The SMILES string of the molecule is Cc1ccn(CCC(=O)N2CCCCC2c2nc3c(c(=O)[nH]2)CCN(C(=O)C2CC2)C3)n1. The molecule has 32 heavy (non-hydrogen) atoms. The van der Waals surface area contributed by atoms with Crippen LogP contribution in [0.4, 0.5) is 0 Å². The van der Waals surface area contributed by atoms with Gasteiger partial charge in [-0.2, -0.15) is 5.10 Å². The number of H-pyrrole nitrogens is 1. The molecule has 1 aliphatic carbocycles. The number of likely N-dealkylation sites (tertiary alicyclic amines) is 1. The van der Waals surface area contributed by atoms with Gasteiger partial charge in [0.05, 0.1) is 24.0 Å². The maximum Gasteiger partial charge on any atom is 0.254 e. The van der Waals surface area contributed by atoms with Crippen LogP contribution < -0.4 is 5.56 Å². The first-order valence-corrected chi connectivity index (χ1v) is 11.7. The van der Waals surface area contributed by atoms with Crippen LogP contribution in [0.2, 0.25) is 0 Å². The number of amides is 2. The van der Waals surface area contributed by atoms with E-state index in [9.17, 15) is 14.4 Å². The van der Waals surface area contributed by atoms with Crippen LogP contribution >= 0.6 is 0 Å². The highest BCUT2D eigenvalue weighted by molar-refractivity contribution is 5.81. The van der Waals surface area contributed by atoms with Gasteiger partial charge in [0.2, 0.25) is 11.8 Å². The predicted octanol–water partition coefficient (Wildman–Crippen LogP) is 1.71. The summed E-state index contributed by atoms with van der Waals surface area (Å²) in [4.78, 5) is 49.9. The van der Waals surface area contributed by atoms with Gasteiger partial charge in [0, 0.05) is 43.7 Å². The third-order valence-corrected chi connectivity index (χ3v) is 6.80. The summed E-state index contributed by atoms with van der Waals surface area (Å²) in [5.74, 6) is 0.942. The minimum absolute atomic E-state index is 0.0498. The molecule has 1 saturated carbocycles. The first-order chi connectivity index (χ1) is 15.5. The van der Waals surface area contributed by atoms with E-state index < -0.39 is 0 Å². The standard InChI is InChI=1S/C23H30N6O3/c1-15-7-12-28(26-15)13-9-20(30)29-10-3-2-4-19(29)21-24-18-14-27(23(32)16-5-6-16)11-8-17(18)22(31)25-21/h7,12,16,19H,2-6,8-11,13-14H2,1H3,(H,24,25,31). The first kappa shape index (κ1) is 20.9. The molecule has 2 aliphatic heterocycles. The summed E-state index contributed by atoms with van der Waals surface area (Å²) in [5, 5.41) is 4.36. The summed E-state index contributed by atoms with van der Waals surface area (Å²) < 4.78 is 1.79. The van der Waals surface area contributed by atoms with Crippen LogP contribution in [0.3, 0.4) is 0 Å². The molecular weight excluding hydrogens is 408 g/mol. The summed E-state index contributed by atoms with van der Waals surface area (Å²) in [6.45, 7) is 4.09. The van der Waals surface area contributed by atoms with E-state index in [4.69, 9.17) is 4.98 Å². The zero-order chi connectivity index (χ0) is 22.2. The number of aryl methyl sites for hydroxylation is 2. The number of carbonyl (C=O) groups excluding carboxylic acids is 2. The molecule has 170 valence electrons. The van der Waals surface area contributed by atoms with Crippen molar-refractivity contribution in [1.82, 2.24) is 29.5 Å². The molecule has 0 spiro atoms. The van der Waals surface area contributed by atoms with E-state index in [0.717, 1.165) is 37.8 Å². The van der Waals surface area contributed by atoms with E-state index >= 15 is 0 Å². The maximum atomic E-state index is 13.1. The highest BCUT2D eigenvalue weighted by atomic mass is 16.2. The molecule has 9 heteroatoms. The Balaban J connectivity index is 1.34. The largest absolute Gasteiger partial charge is 0.336 e. The molecule has 2 amide bonds. The van der Waals surface area contributed by atoms with Crippen LogP contribution in [0.1, 0.15) is 67.3 Å². The van der Waals surface area contributed by atoms with Crippen molar-refractivity contribution < 1.29 is 9.59 Å². The number of aromatic nitrogens is 4. The van der Waals surface area contributed by atoms with Crippen LogP contribution in [0, 0.1) is 12.8 Å². The van der Waals surface area contributed by atoms with Crippen LogP contribution in [0.25, 0.3) is 0 Å². The van der Waals surface area contributed by atoms with Crippen molar-refractivity contribution in [2.75, 3.05) is 13.1 Å². The van der Waals surface area contributed by atoms with Crippen molar-refractivity contribution in [3.63, 3.8) is 0 Å². The van der Waals surface area contributed by atoms with Gasteiger partial charge in [-0.3, -0.25) is 19.1 Å². The maximum absolute atomic E-state index is 13.1. The van der Waals surface area contributed by atoms with Crippen molar-refractivity contribution in [3.8, 4) is 0 Å². The van der Waals surface area contributed by atoms with Gasteiger partial charge in [0.25, 0.3) is 5.56 Å². The Morgan fingerprint density at radius 2 is 2.03 bits per heavy atom. The molecular formula is C23H30N6O3. The molecule has 4 heterocycles. The Hall–Kier alpha value is -2.97. The third-order valence-electron chi connectivity index (χ3n) is 6.80. The molecule has 1 N–H and O–H groups in total. The van der Waals surface area contributed by atoms with Gasteiger partial charge < -0.3 is 14.8 Å². The Labute approximate surface area is 186 Å². The van der Waals surface area contributed by atoms with Crippen LogP contribution in [-0.2, 0) is 29.1 Å². The molecule has 3 aliphatic rings. The van der Waals surface area contributed by atoms with Gasteiger partial charge >= 0.3 is 0 Å². The van der Waals surface area contributed by atoms with Crippen molar-refractivity contribution in [2.24, 2.45) is 5.92 Å². The fourth-order valence-corrected chi connectivity index (χ4v) is 4.85. The molecule has 2 aromatic heterocycles. The summed E-state index contributed by atoms with van der Waals surface area (Å²) in [6, 6.07) is 1.69. The number of nitrogens with zero attached hydrogens (tertiary/aromatic N) is 5. The summed E-state index contributed by atoms with van der Waals surface area (Å²) in [7, 11) is 0. The second kappa shape index (κ2) is 8.52. The fourth-order valence-electron chi connectivity index (χ4n) is 4.85. The second-order valence-electron chi connectivity index (χ2n) is 9.23. The molecule has 9 nitrogen and oxygen atoms in total. The molecule has 1 atom stereocenters. The number of hydrogen-bond donors (Lipinski definition) is 1. The minimum atomic E-state index is -0.233. The Morgan fingerprint density at radius 3 is 2.78 bits per heavy atom. The molecule has 0 aromatic carbocycles. The summed E-state index contributed by atoms with van der Waals surface area (Å²) in [6.07, 6.45) is 7.42. The molecule has 0 radical (unpaired) electrons. The quantitative estimate of drug-likeness (QED) is 0.765. The van der Waals surface area contributed by atoms with Gasteiger partial charge in [-0.25, -0.2) is 4.98 Å². The van der Waals surface area contributed by atoms with Crippen molar-refractivity contribution >= 4 is 11.8 Å². The van der Waals surface area contributed by atoms with Crippen LogP contribution in [0.5, 0.6) is 0 Å². The minimum Gasteiger partial charge on any atom is -0.336 e. The Morgan fingerprint density at radius 1 is 1.19 bits per heavy atom. The number of aromatic amines is 1. The molecule has 2 fully saturated rings. The van der Waals surface area contributed by atoms with Crippen molar-refractivity contribution in [2.45, 2.75) is 71.0 Å². The van der Waals surface area contributed by atoms with E-state index in [2.05, 4.69) is 10.1 Å². The fraction of sp³-hybridized carbons (Fsp3) is 0.609. The third kappa shape index (κ3) is 4.20. The molecule has 2 aromatic rings. The number of hydrogen-bond acceptors (Lipinski definition) is 5. The zero-order valence-corrected chi connectivity index (χ0v) is 18.5. The molecule has 5 rings (SSSR count). The summed E-state index contributed by atoms with van der Waals surface area (Å²) >= 11 is 0.